The first kappa shape index (κ1) is 10.7. The fourth-order valence-electron chi connectivity index (χ4n) is 2.00. The van der Waals surface area contributed by atoms with Crippen LogP contribution in [0.5, 0.6) is 0 Å². The van der Waals surface area contributed by atoms with Crippen LogP contribution in [-0.4, -0.2) is 36.4 Å². The molecule has 0 aliphatic carbocycles. The first-order valence-electron chi connectivity index (χ1n) is 5.07. The Morgan fingerprint density at radius 3 is 2.85 bits per heavy atom. The maximum absolute atomic E-state index is 10.9. The molecule has 0 aromatic heterocycles. The van der Waals surface area contributed by atoms with E-state index in [9.17, 15) is 4.79 Å². The third-order valence-corrected chi connectivity index (χ3v) is 2.86. The maximum Gasteiger partial charge on any atom is 0.131 e. The van der Waals surface area contributed by atoms with E-state index in [4.69, 9.17) is 5.73 Å². The lowest BCUT2D eigenvalue weighted by atomic mass is 10.1. The molecule has 1 aliphatic rings. The van der Waals surface area contributed by atoms with Crippen LogP contribution in [0.15, 0.2) is 0 Å². The van der Waals surface area contributed by atoms with E-state index in [-0.39, 0.29) is 5.78 Å². The zero-order valence-corrected chi connectivity index (χ0v) is 8.62. The predicted octanol–water partition coefficient (Wildman–Crippen LogP) is 0.635. The normalized spacial score (nSPS) is 26.2. The van der Waals surface area contributed by atoms with Gasteiger partial charge < -0.3 is 5.73 Å². The number of hydrogen-bond acceptors (Lipinski definition) is 3. The van der Waals surface area contributed by atoms with Gasteiger partial charge in [0.15, 0.2) is 0 Å². The molecule has 1 heterocycles. The fraction of sp³-hybridized carbons (Fsp3) is 0.900. The molecule has 1 rings (SSSR count). The standard InChI is InChI=1S/C10H20N2O/c1-8(5-9(2)13)12-4-3-10(6-11)7-12/h8,10H,3-7,11H2,1-2H3. The van der Waals surface area contributed by atoms with E-state index in [0.29, 0.717) is 18.4 Å². The third-order valence-electron chi connectivity index (χ3n) is 2.86. The van der Waals surface area contributed by atoms with Crippen molar-refractivity contribution in [3.05, 3.63) is 0 Å². The summed E-state index contributed by atoms with van der Waals surface area (Å²) in [4.78, 5) is 13.3. The zero-order valence-electron chi connectivity index (χ0n) is 8.62. The minimum atomic E-state index is 0.281. The second-order valence-electron chi connectivity index (χ2n) is 4.14. The van der Waals surface area contributed by atoms with Crippen LogP contribution in [0.25, 0.3) is 0 Å². The van der Waals surface area contributed by atoms with Gasteiger partial charge in [-0.1, -0.05) is 0 Å². The van der Waals surface area contributed by atoms with Crippen LogP contribution in [0.2, 0.25) is 0 Å². The number of rotatable bonds is 4. The minimum Gasteiger partial charge on any atom is -0.330 e. The molecular weight excluding hydrogens is 164 g/mol. The lowest BCUT2D eigenvalue weighted by Crippen LogP contribution is -2.33. The summed E-state index contributed by atoms with van der Waals surface area (Å²) in [7, 11) is 0. The average Bonchev–Trinajstić information content (AvgIpc) is 2.50. The summed E-state index contributed by atoms with van der Waals surface area (Å²) in [6.45, 7) is 6.75. The second-order valence-corrected chi connectivity index (χ2v) is 4.14. The highest BCUT2D eigenvalue weighted by atomic mass is 16.1. The third kappa shape index (κ3) is 3.08. The first-order chi connectivity index (χ1) is 6.13. The maximum atomic E-state index is 10.9. The van der Waals surface area contributed by atoms with Crippen LogP contribution in [0, 0.1) is 5.92 Å². The van der Waals surface area contributed by atoms with E-state index in [0.717, 1.165) is 19.6 Å². The number of hydrogen-bond donors (Lipinski definition) is 1. The van der Waals surface area contributed by atoms with Gasteiger partial charge in [0.25, 0.3) is 0 Å². The molecule has 2 unspecified atom stereocenters. The molecule has 3 heteroatoms. The van der Waals surface area contributed by atoms with Crippen molar-refractivity contribution in [3.63, 3.8) is 0 Å². The van der Waals surface area contributed by atoms with E-state index in [1.165, 1.54) is 6.42 Å². The number of nitrogens with two attached hydrogens (primary N) is 1. The Balaban J connectivity index is 2.32. The van der Waals surface area contributed by atoms with Crippen molar-refractivity contribution in [2.24, 2.45) is 11.7 Å². The van der Waals surface area contributed by atoms with Crippen molar-refractivity contribution in [1.82, 2.24) is 4.90 Å². The van der Waals surface area contributed by atoms with Gasteiger partial charge in [-0.05, 0) is 39.3 Å². The number of ketones is 1. The fourth-order valence-corrected chi connectivity index (χ4v) is 2.00. The van der Waals surface area contributed by atoms with Gasteiger partial charge in [-0.3, -0.25) is 9.69 Å². The molecule has 76 valence electrons. The van der Waals surface area contributed by atoms with Crippen LogP contribution in [0.3, 0.4) is 0 Å². The topological polar surface area (TPSA) is 46.3 Å². The molecule has 0 amide bonds. The quantitative estimate of drug-likeness (QED) is 0.697. The molecule has 1 aliphatic heterocycles. The van der Waals surface area contributed by atoms with Gasteiger partial charge in [0, 0.05) is 19.0 Å². The second kappa shape index (κ2) is 4.72. The minimum absolute atomic E-state index is 0.281. The van der Waals surface area contributed by atoms with Crippen molar-refractivity contribution >= 4 is 5.78 Å². The predicted molar refractivity (Wildman–Crippen MR) is 53.5 cm³/mol. The summed E-state index contributed by atoms with van der Waals surface area (Å²) in [5, 5.41) is 0. The number of likely N-dealkylation sites (tertiary alicyclic amines) is 1. The van der Waals surface area contributed by atoms with Crippen molar-refractivity contribution in [2.45, 2.75) is 32.7 Å². The summed E-state index contributed by atoms with van der Waals surface area (Å²) in [5.41, 5.74) is 5.60. The average molecular weight is 184 g/mol. The molecule has 2 atom stereocenters. The highest BCUT2D eigenvalue weighted by Crippen LogP contribution is 2.18. The molecule has 0 aromatic carbocycles. The monoisotopic (exact) mass is 184 g/mol. The zero-order chi connectivity index (χ0) is 9.84. The molecule has 1 fully saturated rings. The van der Waals surface area contributed by atoms with Crippen LogP contribution in [0.1, 0.15) is 26.7 Å². The van der Waals surface area contributed by atoms with Crippen molar-refractivity contribution in [3.8, 4) is 0 Å². The van der Waals surface area contributed by atoms with Gasteiger partial charge in [0.1, 0.15) is 5.78 Å². The molecule has 1 saturated heterocycles. The van der Waals surface area contributed by atoms with E-state index in [1.807, 2.05) is 0 Å². The van der Waals surface area contributed by atoms with Crippen molar-refractivity contribution in [1.29, 1.82) is 0 Å². The molecule has 3 nitrogen and oxygen atoms in total. The Hall–Kier alpha value is -0.410. The van der Waals surface area contributed by atoms with E-state index >= 15 is 0 Å². The highest BCUT2D eigenvalue weighted by Gasteiger charge is 2.25. The van der Waals surface area contributed by atoms with E-state index < -0.39 is 0 Å². The Bertz CT molecular complexity index is 182. The van der Waals surface area contributed by atoms with Crippen molar-refractivity contribution in [2.75, 3.05) is 19.6 Å². The van der Waals surface area contributed by atoms with Crippen LogP contribution in [0.4, 0.5) is 0 Å². The Morgan fingerprint density at radius 1 is 1.69 bits per heavy atom. The van der Waals surface area contributed by atoms with Crippen molar-refractivity contribution < 1.29 is 4.79 Å². The highest BCUT2D eigenvalue weighted by molar-refractivity contribution is 5.76. The van der Waals surface area contributed by atoms with E-state index in [2.05, 4.69) is 11.8 Å². The van der Waals surface area contributed by atoms with Crippen LogP contribution >= 0.6 is 0 Å². The summed E-state index contributed by atoms with van der Waals surface area (Å²) in [6.07, 6.45) is 1.87. The molecule has 13 heavy (non-hydrogen) atoms. The van der Waals surface area contributed by atoms with Gasteiger partial charge in [-0.15, -0.1) is 0 Å². The molecule has 0 aromatic rings. The molecule has 0 radical (unpaired) electrons. The Kier molecular flexibility index (Phi) is 3.88. The lowest BCUT2D eigenvalue weighted by Gasteiger charge is -2.23. The summed E-state index contributed by atoms with van der Waals surface area (Å²) in [6, 6.07) is 0.397. The molecule has 2 N–H and O–H groups in total. The molecule has 0 spiro atoms. The Labute approximate surface area is 80.3 Å². The lowest BCUT2D eigenvalue weighted by molar-refractivity contribution is -0.118. The largest absolute Gasteiger partial charge is 0.330 e. The van der Waals surface area contributed by atoms with Gasteiger partial charge in [0.05, 0.1) is 0 Å². The summed E-state index contributed by atoms with van der Waals surface area (Å²) in [5.74, 6) is 0.929. The number of carbonyl (C=O) groups excluding carboxylic acids is 1. The molecule has 0 bridgehead atoms. The SMILES string of the molecule is CC(=O)CC(C)N1CCC(CN)C1. The number of Topliss-reactive ketones (excluding diaryl/α,β-unsaturated/α-hetero) is 1. The van der Waals surface area contributed by atoms with E-state index in [1.54, 1.807) is 6.92 Å². The van der Waals surface area contributed by atoms with Gasteiger partial charge in [-0.2, -0.15) is 0 Å². The first-order valence-corrected chi connectivity index (χ1v) is 5.07. The number of nitrogens with zero attached hydrogens (tertiary/aromatic N) is 1. The Morgan fingerprint density at radius 2 is 2.38 bits per heavy atom. The molecule has 0 saturated carbocycles. The van der Waals surface area contributed by atoms with Gasteiger partial charge >= 0.3 is 0 Å². The molecular formula is C10H20N2O. The number of carbonyl (C=O) groups is 1. The van der Waals surface area contributed by atoms with Crippen LogP contribution in [-0.2, 0) is 4.79 Å². The van der Waals surface area contributed by atoms with Gasteiger partial charge in [-0.25, -0.2) is 0 Å². The van der Waals surface area contributed by atoms with Gasteiger partial charge in [0.2, 0.25) is 0 Å². The van der Waals surface area contributed by atoms with Crippen LogP contribution < -0.4 is 5.73 Å². The smallest absolute Gasteiger partial charge is 0.131 e. The summed E-state index contributed by atoms with van der Waals surface area (Å²) >= 11 is 0. The summed E-state index contributed by atoms with van der Waals surface area (Å²) < 4.78 is 0.